The van der Waals surface area contributed by atoms with Gasteiger partial charge >= 0.3 is 0 Å². The van der Waals surface area contributed by atoms with E-state index in [0.717, 1.165) is 22.2 Å². The van der Waals surface area contributed by atoms with Gasteiger partial charge in [0.1, 0.15) is 10.7 Å². The Morgan fingerprint density at radius 3 is 2.52 bits per heavy atom. The van der Waals surface area contributed by atoms with Crippen molar-refractivity contribution in [3.8, 4) is 17.2 Å². The molecule has 0 saturated carbocycles. The van der Waals surface area contributed by atoms with Gasteiger partial charge in [-0.3, -0.25) is 0 Å². The molecule has 0 radical (unpaired) electrons. The number of hydrogen-bond donors (Lipinski definition) is 1. The van der Waals surface area contributed by atoms with Crippen LogP contribution in [0.15, 0.2) is 46.9 Å². The van der Waals surface area contributed by atoms with Crippen molar-refractivity contribution in [3.05, 3.63) is 52.5 Å². The molecule has 0 heterocycles. The summed E-state index contributed by atoms with van der Waals surface area (Å²) >= 11 is 8.42. The van der Waals surface area contributed by atoms with E-state index in [4.69, 9.17) is 27.4 Å². The van der Waals surface area contributed by atoms with Gasteiger partial charge in [0.25, 0.3) is 0 Å². The Morgan fingerprint density at radius 1 is 1.19 bits per heavy atom. The summed E-state index contributed by atoms with van der Waals surface area (Å²) in [5, 5.41) is 0. The van der Waals surface area contributed by atoms with E-state index in [1.165, 1.54) is 0 Å². The molecule has 110 valence electrons. The van der Waals surface area contributed by atoms with Crippen LogP contribution in [-0.2, 0) is 0 Å². The Kier molecular flexibility index (Phi) is 5.59. The summed E-state index contributed by atoms with van der Waals surface area (Å²) in [4.78, 5) is 0.347. The topological polar surface area (TPSA) is 44.5 Å². The quantitative estimate of drug-likeness (QED) is 0.755. The number of benzene rings is 2. The summed E-state index contributed by atoms with van der Waals surface area (Å²) in [6.07, 6.45) is 0.947. The Bertz CT molecular complexity index is 646. The van der Waals surface area contributed by atoms with Gasteiger partial charge in [0.15, 0.2) is 11.5 Å². The molecule has 0 aliphatic carbocycles. The molecule has 2 aromatic rings. The first-order valence-electron chi connectivity index (χ1n) is 6.61. The second-order valence-electron chi connectivity index (χ2n) is 4.40. The number of thiocarbonyl (C=S) groups is 1. The molecule has 0 aliphatic rings. The van der Waals surface area contributed by atoms with Gasteiger partial charge in [-0.15, -0.1) is 0 Å². The van der Waals surface area contributed by atoms with Gasteiger partial charge in [0.2, 0.25) is 0 Å². The van der Waals surface area contributed by atoms with E-state index in [1.54, 1.807) is 0 Å². The normalized spacial score (nSPS) is 10.2. The van der Waals surface area contributed by atoms with Gasteiger partial charge in [-0.05, 0) is 52.7 Å². The van der Waals surface area contributed by atoms with E-state index in [2.05, 4.69) is 22.9 Å². The summed E-state index contributed by atoms with van der Waals surface area (Å²) in [6, 6.07) is 13.1. The van der Waals surface area contributed by atoms with E-state index in [-0.39, 0.29) is 0 Å². The van der Waals surface area contributed by atoms with Gasteiger partial charge < -0.3 is 15.2 Å². The minimum Gasteiger partial charge on any atom is -0.490 e. The molecule has 2 aromatic carbocycles. The zero-order chi connectivity index (χ0) is 15.2. The molecule has 0 fully saturated rings. The Hall–Kier alpha value is -1.59. The summed E-state index contributed by atoms with van der Waals surface area (Å²) in [7, 11) is 0. The van der Waals surface area contributed by atoms with E-state index in [1.807, 2.05) is 42.5 Å². The minimum absolute atomic E-state index is 0.347. The first-order valence-corrected chi connectivity index (χ1v) is 7.81. The number of nitrogens with two attached hydrogens (primary N) is 1. The van der Waals surface area contributed by atoms with E-state index in [0.29, 0.717) is 23.1 Å². The maximum Gasteiger partial charge on any atom is 0.169 e. The number of hydrogen-bond acceptors (Lipinski definition) is 3. The molecule has 0 aliphatic heterocycles. The number of para-hydroxylation sites is 2. The highest BCUT2D eigenvalue weighted by Gasteiger charge is 2.08. The lowest BCUT2D eigenvalue weighted by Crippen LogP contribution is -2.09. The second-order valence-corrected chi connectivity index (χ2v) is 5.70. The van der Waals surface area contributed by atoms with Crippen LogP contribution in [0, 0.1) is 0 Å². The summed E-state index contributed by atoms with van der Waals surface area (Å²) in [5.41, 5.74) is 6.42. The van der Waals surface area contributed by atoms with Crippen molar-refractivity contribution in [2.24, 2.45) is 5.73 Å². The molecule has 2 N–H and O–H groups in total. The third-order valence-electron chi connectivity index (χ3n) is 2.74. The van der Waals surface area contributed by atoms with Gasteiger partial charge in [0.05, 0.1) is 6.61 Å². The smallest absolute Gasteiger partial charge is 0.169 e. The van der Waals surface area contributed by atoms with Crippen molar-refractivity contribution in [3.63, 3.8) is 0 Å². The lowest BCUT2D eigenvalue weighted by Gasteiger charge is -2.12. The maximum absolute atomic E-state index is 5.88. The Balaban J connectivity index is 2.22. The number of halogens is 1. The lowest BCUT2D eigenvalue weighted by atomic mass is 10.2. The van der Waals surface area contributed by atoms with Crippen LogP contribution in [0.25, 0.3) is 0 Å². The summed E-state index contributed by atoms with van der Waals surface area (Å²) in [5.74, 6) is 2.10. The molecule has 0 amide bonds. The van der Waals surface area contributed by atoms with Crippen LogP contribution in [0.3, 0.4) is 0 Å². The third-order valence-corrected chi connectivity index (χ3v) is 3.62. The predicted molar refractivity (Wildman–Crippen MR) is 92.3 cm³/mol. The monoisotopic (exact) mass is 365 g/mol. The van der Waals surface area contributed by atoms with Crippen LogP contribution in [0.4, 0.5) is 0 Å². The molecule has 0 bridgehead atoms. The average Bonchev–Trinajstić information content (AvgIpc) is 2.46. The van der Waals surface area contributed by atoms with Crippen molar-refractivity contribution < 1.29 is 9.47 Å². The van der Waals surface area contributed by atoms with Crippen molar-refractivity contribution in [2.45, 2.75) is 13.3 Å². The van der Waals surface area contributed by atoms with Crippen LogP contribution >= 0.6 is 28.1 Å². The minimum atomic E-state index is 0.347. The average molecular weight is 366 g/mol. The Morgan fingerprint density at radius 2 is 1.90 bits per heavy atom. The fourth-order valence-electron chi connectivity index (χ4n) is 1.75. The van der Waals surface area contributed by atoms with Crippen LogP contribution in [-0.4, -0.2) is 11.6 Å². The highest BCUT2D eigenvalue weighted by Crippen LogP contribution is 2.33. The van der Waals surface area contributed by atoms with Crippen molar-refractivity contribution in [1.29, 1.82) is 0 Å². The lowest BCUT2D eigenvalue weighted by molar-refractivity contribution is 0.302. The van der Waals surface area contributed by atoms with Crippen molar-refractivity contribution in [2.75, 3.05) is 6.61 Å². The molecular formula is C16H16BrNO2S. The first-order chi connectivity index (χ1) is 10.1. The molecular weight excluding hydrogens is 350 g/mol. The third kappa shape index (κ3) is 4.19. The van der Waals surface area contributed by atoms with E-state index in [9.17, 15) is 0 Å². The molecule has 2 rings (SSSR count). The number of rotatable bonds is 6. The van der Waals surface area contributed by atoms with Crippen LogP contribution < -0.4 is 15.2 Å². The molecule has 0 unspecified atom stereocenters. The second kappa shape index (κ2) is 7.43. The fourth-order valence-corrected chi connectivity index (χ4v) is 2.63. The van der Waals surface area contributed by atoms with Crippen LogP contribution in [0.1, 0.15) is 18.9 Å². The van der Waals surface area contributed by atoms with E-state index >= 15 is 0 Å². The van der Waals surface area contributed by atoms with Crippen molar-refractivity contribution in [1.82, 2.24) is 0 Å². The zero-order valence-electron chi connectivity index (χ0n) is 11.6. The molecule has 5 heteroatoms. The maximum atomic E-state index is 5.88. The predicted octanol–water partition coefficient (Wildman–Crippen LogP) is 4.66. The zero-order valence-corrected chi connectivity index (χ0v) is 14.0. The molecule has 0 saturated heterocycles. The highest BCUT2D eigenvalue weighted by molar-refractivity contribution is 9.10. The summed E-state index contributed by atoms with van der Waals surface area (Å²) in [6.45, 7) is 2.72. The van der Waals surface area contributed by atoms with Gasteiger partial charge in [0, 0.05) is 10.0 Å². The molecule has 0 atom stereocenters. The first kappa shape index (κ1) is 15.8. The largest absolute Gasteiger partial charge is 0.490 e. The summed E-state index contributed by atoms with van der Waals surface area (Å²) < 4.78 is 12.4. The Labute approximate surface area is 138 Å². The molecule has 3 nitrogen and oxygen atoms in total. The van der Waals surface area contributed by atoms with E-state index < -0.39 is 0 Å². The molecule has 21 heavy (non-hydrogen) atoms. The van der Waals surface area contributed by atoms with Crippen molar-refractivity contribution >= 4 is 33.1 Å². The van der Waals surface area contributed by atoms with Gasteiger partial charge in [-0.25, -0.2) is 0 Å². The van der Waals surface area contributed by atoms with Crippen LogP contribution in [0.5, 0.6) is 17.2 Å². The standard InChI is InChI=1S/C16H16BrNO2S/c1-2-9-19-14-5-3-4-6-15(14)20-11-7-8-12(16(18)21)13(17)10-11/h3-8,10H,2,9H2,1H3,(H2,18,21). The van der Waals surface area contributed by atoms with Crippen LogP contribution in [0.2, 0.25) is 0 Å². The molecule has 0 spiro atoms. The number of ether oxygens (including phenoxy) is 2. The van der Waals surface area contributed by atoms with Gasteiger partial charge in [-0.1, -0.05) is 31.3 Å². The SMILES string of the molecule is CCCOc1ccccc1Oc1ccc(C(N)=S)c(Br)c1. The van der Waals surface area contributed by atoms with Gasteiger partial charge in [-0.2, -0.15) is 0 Å². The fraction of sp³-hybridized carbons (Fsp3) is 0.188. The molecule has 0 aromatic heterocycles. The highest BCUT2D eigenvalue weighted by atomic mass is 79.9.